The molecule has 1 saturated heterocycles. The standard InChI is InChI=1S/C28H33FN4O4/c1-5-37-27(35)24-23(31(4)28(36)30-25(24)20-11-9-18(2)10-12-20)17-32-13-14-33(19(3)16-32)26(34)21-7-6-8-22(29)15-21/h6-12,15,19,25H,5,13-14,16-17H2,1-4H3,(H,30,36)/t19-,25+/m1/s1. The van der Waals surface area contributed by atoms with E-state index in [1.54, 1.807) is 24.9 Å². The normalized spacial score (nSPS) is 20.6. The molecule has 0 saturated carbocycles. The average Bonchev–Trinajstić information content (AvgIpc) is 2.87. The molecule has 0 radical (unpaired) electrons. The van der Waals surface area contributed by atoms with Crippen LogP contribution < -0.4 is 5.32 Å². The first-order chi connectivity index (χ1) is 17.7. The van der Waals surface area contributed by atoms with Gasteiger partial charge >= 0.3 is 12.0 Å². The Morgan fingerprint density at radius 3 is 2.51 bits per heavy atom. The second-order valence-corrected chi connectivity index (χ2v) is 9.53. The molecule has 0 aromatic heterocycles. The topological polar surface area (TPSA) is 82.2 Å². The first-order valence-corrected chi connectivity index (χ1v) is 12.5. The summed E-state index contributed by atoms with van der Waals surface area (Å²) in [4.78, 5) is 44.4. The van der Waals surface area contributed by atoms with Crippen LogP contribution in [0.3, 0.4) is 0 Å². The highest BCUT2D eigenvalue weighted by Gasteiger charge is 2.38. The highest BCUT2D eigenvalue weighted by molar-refractivity contribution is 5.95. The number of urea groups is 1. The predicted molar refractivity (Wildman–Crippen MR) is 137 cm³/mol. The van der Waals surface area contributed by atoms with E-state index < -0.39 is 17.8 Å². The third kappa shape index (κ3) is 5.67. The van der Waals surface area contributed by atoms with Gasteiger partial charge in [-0.3, -0.25) is 14.6 Å². The first kappa shape index (κ1) is 26.3. The highest BCUT2D eigenvalue weighted by atomic mass is 19.1. The van der Waals surface area contributed by atoms with Gasteiger partial charge in [-0.1, -0.05) is 35.9 Å². The lowest BCUT2D eigenvalue weighted by Gasteiger charge is -2.42. The number of hydrogen-bond donors (Lipinski definition) is 1. The number of hydrogen-bond acceptors (Lipinski definition) is 5. The summed E-state index contributed by atoms with van der Waals surface area (Å²) >= 11 is 0. The number of halogens is 1. The Kier molecular flexibility index (Phi) is 7.92. The monoisotopic (exact) mass is 508 g/mol. The number of likely N-dealkylation sites (N-methyl/N-ethyl adjacent to an activating group) is 1. The second-order valence-electron chi connectivity index (χ2n) is 9.53. The fourth-order valence-corrected chi connectivity index (χ4v) is 4.88. The largest absolute Gasteiger partial charge is 0.463 e. The van der Waals surface area contributed by atoms with Crippen molar-refractivity contribution in [3.8, 4) is 0 Å². The van der Waals surface area contributed by atoms with Crippen LogP contribution in [0.1, 0.15) is 41.4 Å². The predicted octanol–water partition coefficient (Wildman–Crippen LogP) is 3.49. The average molecular weight is 509 g/mol. The minimum atomic E-state index is -0.633. The molecule has 2 aliphatic heterocycles. The molecule has 0 aliphatic carbocycles. The summed E-state index contributed by atoms with van der Waals surface area (Å²) in [5, 5.41) is 2.94. The number of nitrogens with one attached hydrogen (secondary N) is 1. The molecule has 8 nitrogen and oxygen atoms in total. The summed E-state index contributed by atoms with van der Waals surface area (Å²) in [7, 11) is 1.64. The zero-order chi connectivity index (χ0) is 26.7. The van der Waals surface area contributed by atoms with Gasteiger partial charge < -0.3 is 15.0 Å². The van der Waals surface area contributed by atoms with Gasteiger partial charge in [-0.05, 0) is 44.5 Å². The number of rotatable bonds is 6. The van der Waals surface area contributed by atoms with Crippen molar-refractivity contribution < 1.29 is 23.5 Å². The second kappa shape index (κ2) is 11.1. The Balaban J connectivity index is 1.59. The van der Waals surface area contributed by atoms with Crippen LogP contribution in [0.15, 0.2) is 59.8 Å². The number of aryl methyl sites for hydroxylation is 1. The lowest BCUT2D eigenvalue weighted by atomic mass is 9.93. The molecule has 9 heteroatoms. The summed E-state index contributed by atoms with van der Waals surface area (Å²) in [5.74, 6) is -1.13. The molecule has 2 aromatic rings. The fraction of sp³-hybridized carbons (Fsp3) is 0.393. The Labute approximate surface area is 216 Å². The Bertz CT molecular complexity index is 1210. The van der Waals surface area contributed by atoms with Crippen LogP contribution in [-0.2, 0) is 9.53 Å². The third-order valence-corrected chi connectivity index (χ3v) is 6.90. The minimum Gasteiger partial charge on any atom is -0.463 e. The summed E-state index contributed by atoms with van der Waals surface area (Å²) in [6.45, 7) is 7.73. The maximum Gasteiger partial charge on any atom is 0.338 e. The van der Waals surface area contributed by atoms with E-state index in [0.29, 0.717) is 43.0 Å². The van der Waals surface area contributed by atoms with Gasteiger partial charge in [0.05, 0.1) is 18.2 Å². The van der Waals surface area contributed by atoms with Crippen LogP contribution in [0.4, 0.5) is 9.18 Å². The number of nitrogens with zero attached hydrogens (tertiary/aromatic N) is 3. The Hall–Kier alpha value is -3.72. The van der Waals surface area contributed by atoms with E-state index in [1.807, 2.05) is 38.1 Å². The van der Waals surface area contributed by atoms with Gasteiger partial charge in [0.25, 0.3) is 5.91 Å². The smallest absolute Gasteiger partial charge is 0.338 e. The zero-order valence-electron chi connectivity index (χ0n) is 21.7. The number of carbonyl (C=O) groups excluding carboxylic acids is 3. The molecule has 1 fully saturated rings. The minimum absolute atomic E-state index is 0.147. The van der Waals surface area contributed by atoms with Crippen LogP contribution >= 0.6 is 0 Å². The van der Waals surface area contributed by atoms with Crippen molar-refractivity contribution in [2.75, 3.05) is 39.8 Å². The van der Waals surface area contributed by atoms with Crippen molar-refractivity contribution in [1.29, 1.82) is 0 Å². The van der Waals surface area contributed by atoms with Crippen molar-refractivity contribution in [3.63, 3.8) is 0 Å². The highest BCUT2D eigenvalue weighted by Crippen LogP contribution is 2.32. The van der Waals surface area contributed by atoms with Crippen molar-refractivity contribution in [1.82, 2.24) is 20.0 Å². The Morgan fingerprint density at radius 2 is 1.86 bits per heavy atom. The van der Waals surface area contributed by atoms with E-state index in [-0.39, 0.29) is 24.6 Å². The molecule has 0 spiro atoms. The van der Waals surface area contributed by atoms with Crippen LogP contribution in [0, 0.1) is 12.7 Å². The van der Waals surface area contributed by atoms with Gasteiger partial charge in [-0.25, -0.2) is 14.0 Å². The lowest BCUT2D eigenvalue weighted by molar-refractivity contribution is -0.139. The number of piperazine rings is 1. The molecule has 196 valence electrons. The SMILES string of the molecule is CCOC(=O)C1=C(CN2CCN(C(=O)c3cccc(F)c3)[C@H](C)C2)N(C)C(=O)N[C@H]1c1ccc(C)cc1. The summed E-state index contributed by atoms with van der Waals surface area (Å²) in [5.41, 5.74) is 3.16. The van der Waals surface area contributed by atoms with E-state index in [2.05, 4.69) is 10.2 Å². The molecule has 4 rings (SSSR count). The molecule has 2 aliphatic rings. The van der Waals surface area contributed by atoms with Crippen LogP contribution in [0.5, 0.6) is 0 Å². The van der Waals surface area contributed by atoms with Gasteiger partial charge in [-0.15, -0.1) is 0 Å². The number of carbonyl (C=O) groups is 3. The number of ether oxygens (including phenoxy) is 1. The summed E-state index contributed by atoms with van der Waals surface area (Å²) in [6.07, 6.45) is 0. The van der Waals surface area contributed by atoms with Crippen LogP contribution in [-0.4, -0.2) is 78.5 Å². The third-order valence-electron chi connectivity index (χ3n) is 6.90. The van der Waals surface area contributed by atoms with Gasteiger partial charge in [0.1, 0.15) is 5.82 Å². The molecule has 0 bridgehead atoms. The fourth-order valence-electron chi connectivity index (χ4n) is 4.88. The van der Waals surface area contributed by atoms with E-state index in [4.69, 9.17) is 4.74 Å². The number of benzene rings is 2. The summed E-state index contributed by atoms with van der Waals surface area (Å²) < 4.78 is 19.1. The number of amides is 3. The first-order valence-electron chi connectivity index (χ1n) is 12.5. The van der Waals surface area contributed by atoms with E-state index in [9.17, 15) is 18.8 Å². The van der Waals surface area contributed by atoms with Crippen molar-refractivity contribution >= 4 is 17.9 Å². The zero-order valence-corrected chi connectivity index (χ0v) is 21.7. The molecular formula is C28H33FN4O4. The molecule has 2 heterocycles. The van der Waals surface area contributed by atoms with Gasteiger partial charge in [-0.2, -0.15) is 0 Å². The maximum atomic E-state index is 13.7. The van der Waals surface area contributed by atoms with Crippen molar-refractivity contribution in [2.45, 2.75) is 32.9 Å². The van der Waals surface area contributed by atoms with E-state index >= 15 is 0 Å². The summed E-state index contributed by atoms with van der Waals surface area (Å²) in [6, 6.07) is 12.3. The van der Waals surface area contributed by atoms with Crippen molar-refractivity contribution in [2.24, 2.45) is 0 Å². The Morgan fingerprint density at radius 1 is 1.14 bits per heavy atom. The molecule has 0 unspecified atom stereocenters. The van der Waals surface area contributed by atoms with Gasteiger partial charge in [0, 0.05) is 50.5 Å². The van der Waals surface area contributed by atoms with Gasteiger partial charge in [0.2, 0.25) is 0 Å². The van der Waals surface area contributed by atoms with E-state index in [1.165, 1.54) is 23.1 Å². The van der Waals surface area contributed by atoms with Gasteiger partial charge in [0.15, 0.2) is 0 Å². The van der Waals surface area contributed by atoms with Crippen LogP contribution in [0.2, 0.25) is 0 Å². The molecule has 3 amide bonds. The molecule has 1 N–H and O–H groups in total. The lowest BCUT2D eigenvalue weighted by Crippen LogP contribution is -2.56. The quantitative estimate of drug-likeness (QED) is 0.604. The molecular weight excluding hydrogens is 475 g/mol. The molecule has 2 aromatic carbocycles. The van der Waals surface area contributed by atoms with Crippen molar-refractivity contribution in [3.05, 3.63) is 82.3 Å². The molecule has 37 heavy (non-hydrogen) atoms. The molecule has 2 atom stereocenters. The maximum absolute atomic E-state index is 13.7. The number of esters is 1. The van der Waals surface area contributed by atoms with E-state index in [0.717, 1.165) is 11.1 Å². The van der Waals surface area contributed by atoms with Crippen LogP contribution in [0.25, 0.3) is 0 Å².